The number of amides is 2. The highest BCUT2D eigenvalue weighted by Crippen LogP contribution is 2.37. The van der Waals surface area contributed by atoms with E-state index in [2.05, 4.69) is 10.4 Å². The Kier molecular flexibility index (Phi) is 5.95. The lowest BCUT2D eigenvalue weighted by molar-refractivity contribution is -0.148. The lowest BCUT2D eigenvalue weighted by Gasteiger charge is -2.11. The van der Waals surface area contributed by atoms with Gasteiger partial charge in [-0.15, -0.1) is 0 Å². The fourth-order valence-corrected chi connectivity index (χ4v) is 3.36. The summed E-state index contributed by atoms with van der Waals surface area (Å²) in [6, 6.07) is 9.07. The SMILES string of the molecule is CC(=O)c1cc2c(cc1NC(=O)COC(=O)Cn1nc(C(N)=O)c3ccccc3c1=O)OCO2. The maximum absolute atomic E-state index is 12.6. The number of hydrogen-bond donors (Lipinski definition) is 2. The summed E-state index contributed by atoms with van der Waals surface area (Å²) < 4.78 is 16.1. The van der Waals surface area contributed by atoms with Gasteiger partial charge in [-0.05, 0) is 19.1 Å². The van der Waals surface area contributed by atoms with E-state index in [1.807, 2.05) is 0 Å². The summed E-state index contributed by atoms with van der Waals surface area (Å²) in [5, 5.41) is 6.75. The highest BCUT2D eigenvalue weighted by Gasteiger charge is 2.21. The van der Waals surface area contributed by atoms with Crippen molar-refractivity contribution in [3.63, 3.8) is 0 Å². The first-order chi connectivity index (χ1) is 16.2. The van der Waals surface area contributed by atoms with Crippen molar-refractivity contribution in [2.75, 3.05) is 18.7 Å². The van der Waals surface area contributed by atoms with Crippen molar-refractivity contribution in [1.29, 1.82) is 0 Å². The molecule has 12 nitrogen and oxygen atoms in total. The topological polar surface area (TPSA) is 169 Å². The molecule has 0 aliphatic carbocycles. The molecule has 0 atom stereocenters. The molecule has 0 unspecified atom stereocenters. The monoisotopic (exact) mass is 466 g/mol. The van der Waals surface area contributed by atoms with Crippen LogP contribution in [-0.2, 0) is 20.9 Å². The Labute approximate surface area is 191 Å². The number of rotatable bonds is 7. The smallest absolute Gasteiger partial charge is 0.328 e. The molecule has 3 N–H and O–H groups in total. The molecule has 2 aromatic carbocycles. The van der Waals surface area contributed by atoms with Crippen LogP contribution >= 0.6 is 0 Å². The minimum atomic E-state index is -0.951. The Morgan fingerprint density at radius 3 is 2.47 bits per heavy atom. The molecule has 1 aromatic heterocycles. The number of hydrogen-bond acceptors (Lipinski definition) is 9. The van der Waals surface area contributed by atoms with Gasteiger partial charge in [0.25, 0.3) is 17.4 Å². The Morgan fingerprint density at radius 2 is 1.79 bits per heavy atom. The van der Waals surface area contributed by atoms with E-state index in [-0.39, 0.29) is 40.3 Å². The van der Waals surface area contributed by atoms with Gasteiger partial charge in [0.1, 0.15) is 6.54 Å². The number of fused-ring (bicyclic) bond motifs is 2. The molecule has 0 saturated heterocycles. The number of anilines is 1. The number of ketones is 1. The summed E-state index contributed by atoms with van der Waals surface area (Å²) in [6.07, 6.45) is 0. The van der Waals surface area contributed by atoms with E-state index >= 15 is 0 Å². The standard InChI is InChI=1S/C22H18N4O8/c1-11(27)14-6-16-17(34-10-33-16)7-15(14)24-18(28)9-32-19(29)8-26-22(31)13-5-3-2-4-12(13)20(25-26)21(23)30/h2-7H,8-10H2,1H3,(H2,23,30)(H,24,28). The van der Waals surface area contributed by atoms with Crippen LogP contribution in [0.5, 0.6) is 11.5 Å². The van der Waals surface area contributed by atoms with Crippen LogP contribution in [0.25, 0.3) is 10.8 Å². The molecule has 0 fully saturated rings. The molecule has 1 aliphatic rings. The number of carbonyl (C=O) groups excluding carboxylic acids is 4. The number of carbonyl (C=O) groups is 4. The molecule has 1 aliphatic heterocycles. The maximum atomic E-state index is 12.6. The molecule has 4 rings (SSSR count). The average molecular weight is 466 g/mol. The first-order valence-electron chi connectivity index (χ1n) is 9.94. The van der Waals surface area contributed by atoms with Gasteiger partial charge >= 0.3 is 5.97 Å². The Hall–Kier alpha value is -4.74. The van der Waals surface area contributed by atoms with Gasteiger partial charge in [-0.25, -0.2) is 4.68 Å². The highest BCUT2D eigenvalue weighted by molar-refractivity contribution is 6.05. The van der Waals surface area contributed by atoms with E-state index in [4.69, 9.17) is 19.9 Å². The number of ether oxygens (including phenoxy) is 3. The highest BCUT2D eigenvalue weighted by atomic mass is 16.7. The van der Waals surface area contributed by atoms with Crippen molar-refractivity contribution in [2.24, 2.45) is 5.73 Å². The third-order valence-corrected chi connectivity index (χ3v) is 4.91. The number of primary amides is 1. The zero-order valence-electron chi connectivity index (χ0n) is 17.8. The van der Waals surface area contributed by atoms with Gasteiger partial charge in [0.05, 0.1) is 11.1 Å². The largest absolute Gasteiger partial charge is 0.454 e. The van der Waals surface area contributed by atoms with Crippen LogP contribution in [0.3, 0.4) is 0 Å². The molecular formula is C22H18N4O8. The van der Waals surface area contributed by atoms with Crippen LogP contribution in [0.2, 0.25) is 0 Å². The quantitative estimate of drug-likeness (QED) is 0.374. The third kappa shape index (κ3) is 4.41. The number of nitrogens with zero attached hydrogens (tertiary/aromatic N) is 2. The summed E-state index contributed by atoms with van der Waals surface area (Å²) in [7, 11) is 0. The van der Waals surface area contributed by atoms with Gasteiger partial charge in [0, 0.05) is 17.0 Å². The van der Waals surface area contributed by atoms with Crippen LogP contribution < -0.4 is 26.1 Å². The zero-order chi connectivity index (χ0) is 24.4. The predicted octanol–water partition coefficient (Wildman–Crippen LogP) is 0.609. The first-order valence-corrected chi connectivity index (χ1v) is 9.94. The van der Waals surface area contributed by atoms with Crippen molar-refractivity contribution in [3.05, 3.63) is 58.0 Å². The fourth-order valence-electron chi connectivity index (χ4n) is 3.36. The molecule has 3 aromatic rings. The number of aromatic nitrogens is 2. The summed E-state index contributed by atoms with van der Waals surface area (Å²) in [6.45, 7) is -0.0429. The molecule has 0 saturated carbocycles. The first kappa shape index (κ1) is 22.5. The minimum Gasteiger partial charge on any atom is -0.454 e. The molecular weight excluding hydrogens is 448 g/mol. The van der Waals surface area contributed by atoms with E-state index in [0.29, 0.717) is 11.5 Å². The predicted molar refractivity (Wildman–Crippen MR) is 117 cm³/mol. The van der Waals surface area contributed by atoms with Crippen LogP contribution in [0.4, 0.5) is 5.69 Å². The summed E-state index contributed by atoms with van der Waals surface area (Å²) in [5.41, 5.74) is 4.88. The molecule has 2 heterocycles. The lowest BCUT2D eigenvalue weighted by Crippen LogP contribution is -2.32. The van der Waals surface area contributed by atoms with Crippen molar-refractivity contribution in [1.82, 2.24) is 9.78 Å². The summed E-state index contributed by atoms with van der Waals surface area (Å²) in [4.78, 5) is 60.8. The number of esters is 1. The van der Waals surface area contributed by atoms with Crippen LogP contribution in [0.1, 0.15) is 27.8 Å². The second-order valence-electron chi connectivity index (χ2n) is 7.24. The molecule has 0 bridgehead atoms. The molecule has 2 amide bonds. The fraction of sp³-hybridized carbons (Fsp3) is 0.182. The van der Waals surface area contributed by atoms with Crippen molar-refractivity contribution in [2.45, 2.75) is 13.5 Å². The zero-order valence-corrected chi connectivity index (χ0v) is 17.8. The van der Waals surface area contributed by atoms with Gasteiger partial charge < -0.3 is 25.3 Å². The van der Waals surface area contributed by atoms with Crippen LogP contribution in [0.15, 0.2) is 41.2 Å². The summed E-state index contributed by atoms with van der Waals surface area (Å²) in [5.74, 6) is -2.15. The van der Waals surface area contributed by atoms with Crippen molar-refractivity contribution < 1.29 is 33.4 Å². The molecule has 12 heteroatoms. The van der Waals surface area contributed by atoms with Gasteiger partial charge in [0.15, 0.2) is 29.6 Å². The van der Waals surface area contributed by atoms with E-state index in [1.54, 1.807) is 12.1 Å². The maximum Gasteiger partial charge on any atom is 0.328 e. The van der Waals surface area contributed by atoms with Crippen LogP contribution in [-0.4, -0.2) is 46.7 Å². The number of nitrogens with two attached hydrogens (primary N) is 1. The van der Waals surface area contributed by atoms with Crippen molar-refractivity contribution in [3.8, 4) is 11.5 Å². The minimum absolute atomic E-state index is 0.0126. The lowest BCUT2D eigenvalue weighted by atomic mass is 10.1. The second-order valence-corrected chi connectivity index (χ2v) is 7.24. The number of benzene rings is 2. The molecule has 0 spiro atoms. The van der Waals surface area contributed by atoms with Gasteiger partial charge in [-0.1, -0.05) is 18.2 Å². The second kappa shape index (κ2) is 9.02. The molecule has 174 valence electrons. The number of Topliss-reactive ketones (excluding diaryl/α,β-unsaturated/α-hetero) is 1. The Bertz CT molecular complexity index is 1410. The Balaban J connectivity index is 1.45. The molecule has 34 heavy (non-hydrogen) atoms. The van der Waals surface area contributed by atoms with Gasteiger partial charge in [-0.2, -0.15) is 5.10 Å². The summed E-state index contributed by atoms with van der Waals surface area (Å²) >= 11 is 0. The molecule has 0 radical (unpaired) electrons. The van der Waals surface area contributed by atoms with E-state index in [9.17, 15) is 24.0 Å². The van der Waals surface area contributed by atoms with E-state index < -0.39 is 36.5 Å². The number of nitrogens with one attached hydrogen (secondary N) is 1. The normalized spacial score (nSPS) is 11.8. The van der Waals surface area contributed by atoms with Crippen LogP contribution in [0, 0.1) is 0 Å². The third-order valence-electron chi connectivity index (χ3n) is 4.91. The Morgan fingerprint density at radius 1 is 1.12 bits per heavy atom. The van der Waals surface area contributed by atoms with Gasteiger partial charge in [-0.3, -0.25) is 24.0 Å². The van der Waals surface area contributed by atoms with Gasteiger partial charge in [0.2, 0.25) is 6.79 Å². The van der Waals surface area contributed by atoms with E-state index in [0.717, 1.165) is 4.68 Å². The average Bonchev–Trinajstić information content (AvgIpc) is 3.26. The van der Waals surface area contributed by atoms with E-state index in [1.165, 1.54) is 31.2 Å². The van der Waals surface area contributed by atoms with Crippen molar-refractivity contribution >= 4 is 40.0 Å².